The largest absolute Gasteiger partial charge is 0.377 e. The molecule has 0 spiro atoms. The van der Waals surface area contributed by atoms with E-state index in [1.807, 2.05) is 0 Å². The van der Waals surface area contributed by atoms with E-state index in [0.29, 0.717) is 99.1 Å². The lowest BCUT2D eigenvalue weighted by molar-refractivity contribution is -0.227. The molecule has 0 amide bonds. The van der Waals surface area contributed by atoms with Crippen LogP contribution in [-0.2, 0) is 42.6 Å². The third-order valence-electron chi connectivity index (χ3n) is 4.32. The Morgan fingerprint density at radius 1 is 0.581 bits per heavy atom. The van der Waals surface area contributed by atoms with Crippen molar-refractivity contribution in [1.29, 1.82) is 0 Å². The summed E-state index contributed by atoms with van der Waals surface area (Å²) in [7, 11) is 0. The Bertz CT molecular complexity index is 358. The van der Waals surface area contributed by atoms with E-state index in [1.165, 1.54) is 0 Å². The summed E-state index contributed by atoms with van der Waals surface area (Å²) in [5, 5.41) is 0. The van der Waals surface area contributed by atoms with Gasteiger partial charge in [0.25, 0.3) is 0 Å². The molecule has 0 aromatic carbocycles. The zero-order chi connectivity index (χ0) is 22.5. The van der Waals surface area contributed by atoms with Crippen molar-refractivity contribution in [2.75, 3.05) is 99.1 Å². The molecular weight excluding hydrogens is 408 g/mol. The molecule has 1 heterocycles. The molecule has 186 valence electrons. The summed E-state index contributed by atoms with van der Waals surface area (Å²) in [5.74, 6) is 0. The molecule has 0 aromatic heterocycles. The molecule has 1 rings (SSSR count). The Balaban J connectivity index is 2.33. The molecule has 1 fully saturated rings. The van der Waals surface area contributed by atoms with Gasteiger partial charge in [-0.2, -0.15) is 0 Å². The molecule has 1 atom stereocenters. The Morgan fingerprint density at radius 2 is 0.935 bits per heavy atom. The van der Waals surface area contributed by atoms with Crippen LogP contribution < -0.4 is 0 Å². The third kappa shape index (κ3) is 18.9. The summed E-state index contributed by atoms with van der Waals surface area (Å²) in [5.41, 5.74) is -0.278. The standard InChI is InChI=1S/C22H44O9/c1-4-5-22(2,3)31-21-20-29-17-16-27-13-12-25-9-8-23-6-7-24-10-11-26-14-15-28-18-19-30-21/h21H,4-20H2,1-3H3. The first-order valence-electron chi connectivity index (χ1n) is 11.5. The SMILES string of the molecule is CCCC(C)(C)OC1COCCOCCOCCOCCOCCOCCOCCO1. The summed E-state index contributed by atoms with van der Waals surface area (Å²) in [6.07, 6.45) is 1.53. The van der Waals surface area contributed by atoms with Gasteiger partial charge in [-0.05, 0) is 20.3 Å². The van der Waals surface area contributed by atoms with Crippen LogP contribution in [0.4, 0.5) is 0 Å². The van der Waals surface area contributed by atoms with Gasteiger partial charge in [-0.25, -0.2) is 0 Å². The van der Waals surface area contributed by atoms with Gasteiger partial charge in [0.15, 0.2) is 6.29 Å². The van der Waals surface area contributed by atoms with Crippen molar-refractivity contribution in [1.82, 2.24) is 0 Å². The average molecular weight is 453 g/mol. The van der Waals surface area contributed by atoms with Crippen molar-refractivity contribution in [3.63, 3.8) is 0 Å². The van der Waals surface area contributed by atoms with Gasteiger partial charge in [0.1, 0.15) is 0 Å². The maximum atomic E-state index is 6.12. The number of hydrogen-bond donors (Lipinski definition) is 0. The molecule has 0 aromatic rings. The summed E-state index contributed by atoms with van der Waals surface area (Å²) in [4.78, 5) is 0. The van der Waals surface area contributed by atoms with Crippen LogP contribution in [0.15, 0.2) is 0 Å². The van der Waals surface area contributed by atoms with Crippen molar-refractivity contribution >= 4 is 0 Å². The minimum absolute atomic E-state index is 0.278. The lowest BCUT2D eigenvalue weighted by Gasteiger charge is -2.30. The minimum atomic E-state index is -0.451. The average Bonchev–Trinajstić information content (AvgIpc) is 2.73. The fourth-order valence-electron chi connectivity index (χ4n) is 2.87. The normalized spacial score (nSPS) is 24.3. The van der Waals surface area contributed by atoms with Gasteiger partial charge in [-0.15, -0.1) is 0 Å². The van der Waals surface area contributed by atoms with E-state index in [0.717, 1.165) is 12.8 Å². The van der Waals surface area contributed by atoms with E-state index in [4.69, 9.17) is 42.6 Å². The molecule has 0 N–H and O–H groups in total. The van der Waals surface area contributed by atoms with E-state index in [1.54, 1.807) is 0 Å². The highest BCUT2D eigenvalue weighted by Gasteiger charge is 2.23. The number of rotatable bonds is 4. The monoisotopic (exact) mass is 452 g/mol. The molecule has 9 nitrogen and oxygen atoms in total. The van der Waals surface area contributed by atoms with E-state index in [-0.39, 0.29) is 5.60 Å². The second-order valence-corrected chi connectivity index (χ2v) is 7.68. The first kappa shape index (κ1) is 28.7. The molecule has 1 saturated heterocycles. The third-order valence-corrected chi connectivity index (χ3v) is 4.32. The predicted molar refractivity (Wildman–Crippen MR) is 116 cm³/mol. The second-order valence-electron chi connectivity index (χ2n) is 7.68. The van der Waals surface area contributed by atoms with Crippen LogP contribution in [0, 0.1) is 0 Å². The highest BCUT2D eigenvalue weighted by atomic mass is 16.7. The Kier molecular flexibility index (Phi) is 18.7. The lowest BCUT2D eigenvalue weighted by Crippen LogP contribution is -2.36. The quantitative estimate of drug-likeness (QED) is 0.636. The first-order valence-corrected chi connectivity index (χ1v) is 11.5. The fraction of sp³-hybridized carbons (Fsp3) is 1.00. The van der Waals surface area contributed by atoms with Crippen molar-refractivity contribution < 1.29 is 42.6 Å². The highest BCUT2D eigenvalue weighted by Crippen LogP contribution is 2.19. The summed E-state index contributed by atoms with van der Waals surface area (Å²) in [6, 6.07) is 0. The van der Waals surface area contributed by atoms with Crippen molar-refractivity contribution in [3.05, 3.63) is 0 Å². The van der Waals surface area contributed by atoms with Crippen LogP contribution in [-0.4, -0.2) is 111 Å². The van der Waals surface area contributed by atoms with Crippen molar-refractivity contribution in [2.24, 2.45) is 0 Å². The summed E-state index contributed by atoms with van der Waals surface area (Å²) in [6.45, 7) is 13.7. The number of ether oxygens (including phenoxy) is 9. The Hall–Kier alpha value is -0.360. The maximum Gasteiger partial charge on any atom is 0.181 e. The highest BCUT2D eigenvalue weighted by molar-refractivity contribution is 4.68. The molecule has 1 unspecified atom stereocenters. The first-order chi connectivity index (χ1) is 15.1. The Labute approximate surface area is 187 Å². The summed E-state index contributed by atoms with van der Waals surface area (Å²) >= 11 is 0. The van der Waals surface area contributed by atoms with Gasteiger partial charge < -0.3 is 42.6 Å². The van der Waals surface area contributed by atoms with Crippen LogP contribution in [0.2, 0.25) is 0 Å². The molecule has 0 radical (unpaired) electrons. The van der Waals surface area contributed by atoms with Gasteiger partial charge in [-0.1, -0.05) is 13.3 Å². The van der Waals surface area contributed by atoms with Gasteiger partial charge in [0.05, 0.1) is 105 Å². The fourth-order valence-corrected chi connectivity index (χ4v) is 2.87. The smallest absolute Gasteiger partial charge is 0.181 e. The van der Waals surface area contributed by atoms with Crippen LogP contribution in [0.3, 0.4) is 0 Å². The van der Waals surface area contributed by atoms with Gasteiger partial charge >= 0.3 is 0 Å². The van der Waals surface area contributed by atoms with Crippen LogP contribution in [0.25, 0.3) is 0 Å². The van der Waals surface area contributed by atoms with Crippen molar-refractivity contribution in [3.8, 4) is 0 Å². The zero-order valence-corrected chi connectivity index (χ0v) is 19.8. The molecular formula is C22H44O9. The minimum Gasteiger partial charge on any atom is -0.377 e. The van der Waals surface area contributed by atoms with E-state index >= 15 is 0 Å². The van der Waals surface area contributed by atoms with Gasteiger partial charge in [-0.3, -0.25) is 0 Å². The topological polar surface area (TPSA) is 83.1 Å². The van der Waals surface area contributed by atoms with Gasteiger partial charge in [0.2, 0.25) is 0 Å². The van der Waals surface area contributed by atoms with Crippen LogP contribution in [0.1, 0.15) is 33.6 Å². The summed E-state index contributed by atoms with van der Waals surface area (Å²) < 4.78 is 50.6. The maximum absolute atomic E-state index is 6.12. The van der Waals surface area contributed by atoms with Crippen molar-refractivity contribution in [2.45, 2.75) is 45.5 Å². The lowest BCUT2D eigenvalue weighted by atomic mass is 10.0. The molecule has 1 aliphatic heterocycles. The van der Waals surface area contributed by atoms with Gasteiger partial charge in [0, 0.05) is 0 Å². The molecule has 0 bridgehead atoms. The Morgan fingerprint density at radius 3 is 1.32 bits per heavy atom. The molecule has 0 saturated carbocycles. The molecule has 1 aliphatic rings. The van der Waals surface area contributed by atoms with Crippen LogP contribution in [0.5, 0.6) is 0 Å². The molecule has 9 heteroatoms. The van der Waals surface area contributed by atoms with E-state index in [2.05, 4.69) is 20.8 Å². The molecule has 0 aliphatic carbocycles. The van der Waals surface area contributed by atoms with E-state index in [9.17, 15) is 0 Å². The molecule has 31 heavy (non-hydrogen) atoms. The second kappa shape index (κ2) is 20.3. The predicted octanol–water partition coefficient (Wildman–Crippen LogP) is 2.05. The number of hydrogen-bond acceptors (Lipinski definition) is 9. The zero-order valence-electron chi connectivity index (χ0n) is 19.8. The van der Waals surface area contributed by atoms with Crippen LogP contribution >= 0.6 is 0 Å². The van der Waals surface area contributed by atoms with E-state index < -0.39 is 6.29 Å².